The Balaban J connectivity index is 1.49. The molecule has 0 aliphatic heterocycles. The van der Waals surface area contributed by atoms with E-state index in [1.165, 1.54) is 24.3 Å². The number of nitrogens with one attached hydrogen (secondary N) is 1. The second-order valence-corrected chi connectivity index (χ2v) is 8.78. The van der Waals surface area contributed by atoms with E-state index >= 15 is 0 Å². The molecule has 4 aromatic rings. The lowest BCUT2D eigenvalue weighted by molar-refractivity contribution is 0.0992. The smallest absolute Gasteiger partial charge is 0.291 e. The Kier molecular flexibility index (Phi) is 7.49. The molecule has 0 bridgehead atoms. The maximum Gasteiger partial charge on any atom is 0.291 e. The summed E-state index contributed by atoms with van der Waals surface area (Å²) in [5.74, 6) is -0.175. The number of ketones is 1. The van der Waals surface area contributed by atoms with Gasteiger partial charge in [0.15, 0.2) is 17.3 Å². The largest absolute Gasteiger partial charge is 0.483 e. The summed E-state index contributed by atoms with van der Waals surface area (Å²) in [7, 11) is 0. The van der Waals surface area contributed by atoms with Gasteiger partial charge in [0, 0.05) is 21.2 Å². The number of anilines is 1. The van der Waals surface area contributed by atoms with Crippen molar-refractivity contribution in [3.63, 3.8) is 0 Å². The number of benzene rings is 3. The summed E-state index contributed by atoms with van der Waals surface area (Å²) in [6, 6.07) is 19.4. The summed E-state index contributed by atoms with van der Waals surface area (Å²) in [5.41, 5.74) is 1.03. The Morgan fingerprint density at radius 1 is 0.824 bits per heavy atom. The van der Waals surface area contributed by atoms with Crippen LogP contribution in [-0.2, 0) is 6.61 Å². The molecule has 1 amide bonds. The number of hydrogen-bond donors (Lipinski definition) is 1. The first-order chi connectivity index (χ1) is 16.3. The first-order valence-electron chi connectivity index (χ1n) is 9.88. The Labute approximate surface area is 215 Å². The fraction of sp³-hybridized carbons (Fsp3) is 0.0400. The van der Waals surface area contributed by atoms with Gasteiger partial charge in [0.25, 0.3) is 5.91 Å². The molecule has 4 rings (SSSR count). The van der Waals surface area contributed by atoms with Crippen LogP contribution in [0.4, 0.5) is 5.69 Å². The van der Waals surface area contributed by atoms with Gasteiger partial charge in [0.05, 0.1) is 15.7 Å². The minimum Gasteiger partial charge on any atom is -0.483 e. The van der Waals surface area contributed by atoms with E-state index in [-0.39, 0.29) is 39.5 Å². The second-order valence-electron chi connectivity index (χ2n) is 7.09. The molecular weight excluding hydrogens is 520 g/mol. The molecule has 0 spiro atoms. The zero-order chi connectivity index (χ0) is 24.2. The van der Waals surface area contributed by atoms with Gasteiger partial charge < -0.3 is 14.5 Å². The van der Waals surface area contributed by atoms with Crippen molar-refractivity contribution in [1.82, 2.24) is 0 Å². The summed E-state index contributed by atoms with van der Waals surface area (Å²) >= 11 is 24.2. The van der Waals surface area contributed by atoms with E-state index in [0.29, 0.717) is 27.1 Å². The topological polar surface area (TPSA) is 68.5 Å². The average molecular weight is 535 g/mol. The standard InChI is InChI=1S/C25H15Cl4NO4/c26-15-6-8-21(18(10-15)23(31)14-4-2-1-3-5-14)30-25(32)22-9-7-17(34-22)13-33-24-19(28)11-16(27)12-20(24)29/h1-12H,13H2,(H,30,32). The molecule has 1 N–H and O–H groups in total. The van der Waals surface area contributed by atoms with Crippen LogP contribution in [0.1, 0.15) is 32.2 Å². The average Bonchev–Trinajstić information content (AvgIpc) is 3.29. The quantitative estimate of drug-likeness (QED) is 0.244. The maximum absolute atomic E-state index is 13.0. The first-order valence-corrected chi connectivity index (χ1v) is 11.4. The monoisotopic (exact) mass is 533 g/mol. The van der Waals surface area contributed by atoms with Crippen LogP contribution in [-0.4, -0.2) is 11.7 Å². The third kappa shape index (κ3) is 5.57. The van der Waals surface area contributed by atoms with Gasteiger partial charge in [-0.3, -0.25) is 9.59 Å². The van der Waals surface area contributed by atoms with Gasteiger partial charge in [-0.05, 0) is 42.5 Å². The Morgan fingerprint density at radius 3 is 2.24 bits per heavy atom. The van der Waals surface area contributed by atoms with Crippen LogP contribution in [0.15, 0.2) is 77.2 Å². The maximum atomic E-state index is 13.0. The van der Waals surface area contributed by atoms with E-state index in [4.69, 9.17) is 55.6 Å². The molecule has 9 heteroatoms. The predicted octanol–water partition coefficient (Wildman–Crippen LogP) is 7.96. The van der Waals surface area contributed by atoms with Crippen LogP contribution in [0.5, 0.6) is 5.75 Å². The van der Waals surface area contributed by atoms with Crippen molar-refractivity contribution in [3.05, 3.63) is 116 Å². The number of ether oxygens (including phenoxy) is 1. The molecule has 5 nitrogen and oxygen atoms in total. The Hall–Kier alpha value is -2.96. The van der Waals surface area contributed by atoms with Gasteiger partial charge >= 0.3 is 0 Å². The molecule has 1 heterocycles. The number of hydrogen-bond acceptors (Lipinski definition) is 4. The SMILES string of the molecule is O=C(Nc1ccc(Cl)cc1C(=O)c1ccccc1)c1ccc(COc2c(Cl)cc(Cl)cc2Cl)o1. The van der Waals surface area contributed by atoms with E-state index in [2.05, 4.69) is 5.32 Å². The Morgan fingerprint density at radius 2 is 1.53 bits per heavy atom. The lowest BCUT2D eigenvalue weighted by Gasteiger charge is -2.11. The van der Waals surface area contributed by atoms with Crippen molar-refractivity contribution < 1.29 is 18.7 Å². The van der Waals surface area contributed by atoms with Crippen LogP contribution in [0.25, 0.3) is 0 Å². The summed E-state index contributed by atoms with van der Waals surface area (Å²) in [6.07, 6.45) is 0. The summed E-state index contributed by atoms with van der Waals surface area (Å²) in [6.45, 7) is -0.0208. The summed E-state index contributed by atoms with van der Waals surface area (Å²) in [5, 5.41) is 3.96. The molecule has 0 unspecified atom stereocenters. The zero-order valence-electron chi connectivity index (χ0n) is 17.3. The van der Waals surface area contributed by atoms with Crippen molar-refractivity contribution in [2.45, 2.75) is 6.61 Å². The molecule has 0 atom stereocenters. The van der Waals surface area contributed by atoms with Gasteiger partial charge in [-0.25, -0.2) is 0 Å². The fourth-order valence-corrected chi connectivity index (χ4v) is 4.23. The van der Waals surface area contributed by atoms with E-state index in [0.717, 1.165) is 0 Å². The molecule has 0 saturated carbocycles. The van der Waals surface area contributed by atoms with E-state index in [1.54, 1.807) is 42.5 Å². The number of rotatable bonds is 7. The number of amides is 1. The van der Waals surface area contributed by atoms with Gasteiger partial charge in [0.1, 0.15) is 12.4 Å². The third-order valence-electron chi connectivity index (χ3n) is 4.72. The van der Waals surface area contributed by atoms with Crippen molar-refractivity contribution in [2.24, 2.45) is 0 Å². The molecule has 0 saturated heterocycles. The van der Waals surface area contributed by atoms with E-state index in [1.807, 2.05) is 6.07 Å². The first kappa shape index (κ1) is 24.2. The van der Waals surface area contributed by atoms with Crippen molar-refractivity contribution in [1.29, 1.82) is 0 Å². The number of carbonyl (C=O) groups is 2. The summed E-state index contributed by atoms with van der Waals surface area (Å²) in [4.78, 5) is 25.8. The molecule has 172 valence electrons. The highest BCUT2D eigenvalue weighted by Gasteiger charge is 2.19. The minimum absolute atomic E-state index is 0.0208. The molecule has 0 radical (unpaired) electrons. The van der Waals surface area contributed by atoms with Gasteiger partial charge in [0.2, 0.25) is 0 Å². The minimum atomic E-state index is -0.543. The molecule has 1 aromatic heterocycles. The fourth-order valence-electron chi connectivity index (χ4n) is 3.13. The molecular formula is C25H15Cl4NO4. The van der Waals surface area contributed by atoms with Crippen LogP contribution in [0, 0.1) is 0 Å². The molecule has 3 aromatic carbocycles. The molecule has 34 heavy (non-hydrogen) atoms. The van der Waals surface area contributed by atoms with Gasteiger partial charge in [-0.2, -0.15) is 0 Å². The highest BCUT2D eigenvalue weighted by atomic mass is 35.5. The Bertz CT molecular complexity index is 1350. The zero-order valence-corrected chi connectivity index (χ0v) is 20.3. The van der Waals surface area contributed by atoms with Gasteiger partial charge in [-0.15, -0.1) is 0 Å². The predicted molar refractivity (Wildman–Crippen MR) is 134 cm³/mol. The number of halogens is 4. The highest BCUT2D eigenvalue weighted by molar-refractivity contribution is 6.40. The van der Waals surface area contributed by atoms with Crippen LogP contribution in [0.2, 0.25) is 20.1 Å². The molecule has 0 aliphatic carbocycles. The second kappa shape index (κ2) is 10.5. The van der Waals surface area contributed by atoms with E-state index < -0.39 is 5.91 Å². The molecule has 0 fully saturated rings. The normalized spacial score (nSPS) is 10.7. The van der Waals surface area contributed by atoms with Crippen LogP contribution < -0.4 is 10.1 Å². The number of carbonyl (C=O) groups excluding carboxylic acids is 2. The molecule has 0 aliphatic rings. The number of furan rings is 1. The van der Waals surface area contributed by atoms with Crippen molar-refractivity contribution >= 4 is 63.8 Å². The van der Waals surface area contributed by atoms with Crippen LogP contribution in [0.3, 0.4) is 0 Å². The lowest BCUT2D eigenvalue weighted by atomic mass is 10.0. The van der Waals surface area contributed by atoms with Crippen molar-refractivity contribution in [2.75, 3.05) is 5.32 Å². The third-order valence-corrected chi connectivity index (χ3v) is 5.73. The lowest BCUT2D eigenvalue weighted by Crippen LogP contribution is -2.14. The van der Waals surface area contributed by atoms with E-state index in [9.17, 15) is 9.59 Å². The highest BCUT2D eigenvalue weighted by Crippen LogP contribution is 2.36. The summed E-state index contributed by atoms with van der Waals surface area (Å²) < 4.78 is 11.2. The van der Waals surface area contributed by atoms with Gasteiger partial charge in [-0.1, -0.05) is 76.7 Å². The van der Waals surface area contributed by atoms with Crippen LogP contribution >= 0.6 is 46.4 Å². The van der Waals surface area contributed by atoms with Crippen molar-refractivity contribution in [3.8, 4) is 5.75 Å².